The van der Waals surface area contributed by atoms with Crippen molar-refractivity contribution in [2.45, 2.75) is 13.0 Å². The molecule has 1 N–H and O–H groups in total. The molecule has 0 aliphatic heterocycles. The largest absolute Gasteiger partial charge is 0.496 e. The average molecular weight is 196 g/mol. The van der Waals surface area contributed by atoms with Crippen molar-refractivity contribution in [2.24, 2.45) is 0 Å². The highest BCUT2D eigenvalue weighted by Crippen LogP contribution is 2.20. The van der Waals surface area contributed by atoms with Crippen LogP contribution >= 0.6 is 0 Å². The van der Waals surface area contributed by atoms with Crippen molar-refractivity contribution in [3.05, 3.63) is 29.3 Å². The number of aliphatic hydroxyl groups is 1. The van der Waals surface area contributed by atoms with Crippen molar-refractivity contribution in [3.63, 3.8) is 0 Å². The van der Waals surface area contributed by atoms with Crippen LogP contribution in [0.1, 0.15) is 11.1 Å². The van der Waals surface area contributed by atoms with E-state index >= 15 is 0 Å². The summed E-state index contributed by atoms with van der Waals surface area (Å²) < 4.78 is 10.2. The number of rotatable bonds is 5. The second-order valence-corrected chi connectivity index (χ2v) is 3.05. The van der Waals surface area contributed by atoms with Gasteiger partial charge in [-0.25, -0.2) is 0 Å². The highest BCUT2D eigenvalue weighted by Gasteiger charge is 2.03. The Labute approximate surface area is 84.3 Å². The first kappa shape index (κ1) is 11.0. The maximum Gasteiger partial charge on any atom is 0.122 e. The van der Waals surface area contributed by atoms with Crippen LogP contribution < -0.4 is 4.74 Å². The van der Waals surface area contributed by atoms with Crippen LogP contribution in [-0.4, -0.2) is 25.9 Å². The van der Waals surface area contributed by atoms with E-state index in [1.54, 1.807) is 14.2 Å². The molecule has 3 nitrogen and oxygen atoms in total. The Kier molecular flexibility index (Phi) is 4.43. The average Bonchev–Trinajstić information content (AvgIpc) is 2.19. The molecule has 1 aromatic carbocycles. The summed E-state index contributed by atoms with van der Waals surface area (Å²) >= 11 is 0. The smallest absolute Gasteiger partial charge is 0.122 e. The molecule has 0 aliphatic carbocycles. The topological polar surface area (TPSA) is 38.7 Å². The monoisotopic (exact) mass is 196 g/mol. The fraction of sp³-hybridized carbons (Fsp3) is 0.455. The molecule has 0 aliphatic rings. The van der Waals surface area contributed by atoms with Crippen LogP contribution in [0.4, 0.5) is 0 Å². The summed E-state index contributed by atoms with van der Waals surface area (Å²) in [6.45, 7) is 0.717. The molecule has 0 saturated carbocycles. The van der Waals surface area contributed by atoms with Crippen molar-refractivity contribution >= 4 is 0 Å². The molecule has 0 atom stereocenters. The molecule has 0 saturated heterocycles. The Hall–Kier alpha value is -1.06. The maximum atomic E-state index is 8.87. The van der Waals surface area contributed by atoms with Gasteiger partial charge in [-0.05, 0) is 29.7 Å². The number of methoxy groups -OCH3 is 2. The first-order chi connectivity index (χ1) is 6.81. The minimum absolute atomic E-state index is 0.132. The highest BCUT2D eigenvalue weighted by atomic mass is 16.5. The van der Waals surface area contributed by atoms with Crippen LogP contribution in [-0.2, 0) is 17.8 Å². The zero-order valence-electron chi connectivity index (χ0n) is 8.62. The molecular formula is C11H16O3. The van der Waals surface area contributed by atoms with Crippen molar-refractivity contribution in [2.75, 3.05) is 20.8 Å². The molecule has 14 heavy (non-hydrogen) atoms. The quantitative estimate of drug-likeness (QED) is 0.773. The number of ether oxygens (including phenoxy) is 2. The number of hydrogen-bond acceptors (Lipinski definition) is 3. The van der Waals surface area contributed by atoms with Gasteiger partial charge in [0, 0.05) is 13.7 Å². The van der Waals surface area contributed by atoms with Gasteiger partial charge in [0.2, 0.25) is 0 Å². The Bertz CT molecular complexity index is 284. The normalized spacial score (nSPS) is 10.2. The molecule has 0 unspecified atom stereocenters. The molecule has 3 heteroatoms. The number of hydrogen-bond donors (Lipinski definition) is 1. The molecular weight excluding hydrogens is 180 g/mol. The van der Waals surface area contributed by atoms with Gasteiger partial charge in [-0.15, -0.1) is 0 Å². The fourth-order valence-electron chi connectivity index (χ4n) is 1.40. The van der Waals surface area contributed by atoms with E-state index < -0.39 is 0 Å². The van der Waals surface area contributed by atoms with Crippen LogP contribution in [0.25, 0.3) is 0 Å². The molecule has 0 bridgehead atoms. The van der Waals surface area contributed by atoms with Crippen molar-refractivity contribution in [1.29, 1.82) is 0 Å². The van der Waals surface area contributed by atoms with Crippen LogP contribution in [0.15, 0.2) is 18.2 Å². The lowest BCUT2D eigenvalue weighted by molar-refractivity contribution is 0.184. The first-order valence-electron chi connectivity index (χ1n) is 4.57. The third-order valence-electron chi connectivity index (χ3n) is 2.04. The van der Waals surface area contributed by atoms with E-state index in [4.69, 9.17) is 14.6 Å². The van der Waals surface area contributed by atoms with Gasteiger partial charge in [-0.2, -0.15) is 0 Å². The molecule has 0 radical (unpaired) electrons. The third-order valence-corrected chi connectivity index (χ3v) is 2.04. The summed E-state index contributed by atoms with van der Waals surface area (Å²) in [7, 11) is 3.29. The van der Waals surface area contributed by atoms with Crippen LogP contribution in [0.2, 0.25) is 0 Å². The van der Waals surface area contributed by atoms with Crippen molar-refractivity contribution in [1.82, 2.24) is 0 Å². The standard InChI is InChI=1S/C11H16O3/c1-13-8-9-3-4-11(14-2)10(7-9)5-6-12/h3-4,7,12H,5-6,8H2,1-2H3. The second kappa shape index (κ2) is 5.62. The van der Waals surface area contributed by atoms with Crippen LogP contribution in [0, 0.1) is 0 Å². The van der Waals surface area contributed by atoms with E-state index in [-0.39, 0.29) is 6.61 Å². The van der Waals surface area contributed by atoms with E-state index in [1.807, 2.05) is 18.2 Å². The summed E-state index contributed by atoms with van der Waals surface area (Å²) in [5, 5.41) is 8.87. The Morgan fingerprint density at radius 3 is 2.64 bits per heavy atom. The van der Waals surface area contributed by atoms with E-state index in [0.29, 0.717) is 13.0 Å². The Morgan fingerprint density at radius 1 is 1.29 bits per heavy atom. The molecule has 0 spiro atoms. The van der Waals surface area contributed by atoms with E-state index in [2.05, 4.69) is 0 Å². The SMILES string of the molecule is COCc1ccc(OC)c(CCO)c1. The third kappa shape index (κ3) is 2.72. The van der Waals surface area contributed by atoms with Crippen LogP contribution in [0.3, 0.4) is 0 Å². The van der Waals surface area contributed by atoms with Crippen molar-refractivity contribution in [3.8, 4) is 5.75 Å². The van der Waals surface area contributed by atoms with Gasteiger partial charge in [0.25, 0.3) is 0 Å². The zero-order chi connectivity index (χ0) is 10.4. The van der Waals surface area contributed by atoms with Crippen molar-refractivity contribution < 1.29 is 14.6 Å². The summed E-state index contributed by atoms with van der Waals surface area (Å²) in [6, 6.07) is 5.86. The van der Waals surface area contributed by atoms with E-state index in [0.717, 1.165) is 16.9 Å². The van der Waals surface area contributed by atoms with Gasteiger partial charge in [0.1, 0.15) is 5.75 Å². The lowest BCUT2D eigenvalue weighted by atomic mass is 10.1. The maximum absolute atomic E-state index is 8.87. The highest BCUT2D eigenvalue weighted by molar-refractivity contribution is 5.37. The molecule has 1 rings (SSSR count). The minimum Gasteiger partial charge on any atom is -0.496 e. The zero-order valence-corrected chi connectivity index (χ0v) is 8.62. The summed E-state index contributed by atoms with van der Waals surface area (Å²) in [5.74, 6) is 0.818. The number of benzene rings is 1. The molecule has 0 aromatic heterocycles. The van der Waals surface area contributed by atoms with Gasteiger partial charge < -0.3 is 14.6 Å². The second-order valence-electron chi connectivity index (χ2n) is 3.05. The minimum atomic E-state index is 0.132. The molecule has 1 aromatic rings. The summed E-state index contributed by atoms with van der Waals surface area (Å²) in [6.07, 6.45) is 0.612. The Balaban J connectivity index is 2.88. The molecule has 78 valence electrons. The first-order valence-corrected chi connectivity index (χ1v) is 4.57. The lowest BCUT2D eigenvalue weighted by Crippen LogP contribution is -1.98. The van der Waals surface area contributed by atoms with Gasteiger partial charge in [0.15, 0.2) is 0 Å². The molecule has 0 amide bonds. The summed E-state index contributed by atoms with van der Waals surface area (Å²) in [4.78, 5) is 0. The Morgan fingerprint density at radius 2 is 2.07 bits per heavy atom. The predicted octanol–water partition coefficient (Wildman–Crippen LogP) is 1.38. The van der Waals surface area contributed by atoms with Gasteiger partial charge in [0.05, 0.1) is 13.7 Å². The summed E-state index contributed by atoms with van der Waals surface area (Å²) in [5.41, 5.74) is 2.11. The van der Waals surface area contributed by atoms with Crippen LogP contribution in [0.5, 0.6) is 5.75 Å². The van der Waals surface area contributed by atoms with Gasteiger partial charge >= 0.3 is 0 Å². The predicted molar refractivity (Wildman–Crippen MR) is 54.5 cm³/mol. The lowest BCUT2D eigenvalue weighted by Gasteiger charge is -2.09. The van der Waals surface area contributed by atoms with E-state index in [1.165, 1.54) is 0 Å². The molecule has 0 heterocycles. The fourth-order valence-corrected chi connectivity index (χ4v) is 1.40. The van der Waals surface area contributed by atoms with Gasteiger partial charge in [-0.1, -0.05) is 6.07 Å². The van der Waals surface area contributed by atoms with Gasteiger partial charge in [-0.3, -0.25) is 0 Å². The number of aliphatic hydroxyl groups excluding tert-OH is 1. The van der Waals surface area contributed by atoms with E-state index in [9.17, 15) is 0 Å². The molecule has 0 fully saturated rings.